The van der Waals surface area contributed by atoms with Crippen molar-refractivity contribution in [3.8, 4) is 11.8 Å². The van der Waals surface area contributed by atoms with Crippen LogP contribution in [-0.4, -0.2) is 15.9 Å². The first-order valence-electron chi connectivity index (χ1n) is 5.06. The lowest BCUT2D eigenvalue weighted by molar-refractivity contribution is -0.117. The van der Waals surface area contributed by atoms with Crippen molar-refractivity contribution in [2.75, 3.05) is 0 Å². The van der Waals surface area contributed by atoms with Gasteiger partial charge in [0.25, 0.3) is 0 Å². The highest BCUT2D eigenvalue weighted by molar-refractivity contribution is 5.76. The Kier molecular flexibility index (Phi) is 3.30. The van der Waals surface area contributed by atoms with E-state index in [1.165, 1.54) is 12.4 Å². The molecule has 2 rings (SSSR count). The summed E-state index contributed by atoms with van der Waals surface area (Å²) in [5, 5.41) is 0. The Bertz CT molecular complexity index is 497. The lowest BCUT2D eigenvalue weighted by Gasteiger charge is -2.03. The number of nitrogens with zero attached hydrogens (tertiary/aromatic N) is 2. The van der Waals surface area contributed by atoms with Crippen molar-refractivity contribution < 1.29 is 9.53 Å². The molecule has 0 fully saturated rings. The molecule has 2 N–H and O–H groups in total. The second-order valence-corrected chi connectivity index (χ2v) is 3.43. The average molecular weight is 229 g/mol. The summed E-state index contributed by atoms with van der Waals surface area (Å²) in [6, 6.07) is 9.46. The third kappa shape index (κ3) is 3.27. The van der Waals surface area contributed by atoms with Gasteiger partial charge in [0.05, 0.1) is 6.42 Å². The molecule has 0 aliphatic heterocycles. The van der Waals surface area contributed by atoms with E-state index in [-0.39, 0.29) is 12.4 Å². The highest BCUT2D eigenvalue weighted by Gasteiger charge is 2.02. The van der Waals surface area contributed by atoms with Gasteiger partial charge in [-0.05, 0) is 17.7 Å². The number of hydrogen-bond donors (Lipinski definition) is 1. The summed E-state index contributed by atoms with van der Waals surface area (Å²) < 4.78 is 5.40. The smallest absolute Gasteiger partial charge is 0.321 e. The molecule has 0 unspecified atom stereocenters. The van der Waals surface area contributed by atoms with E-state index in [1.54, 1.807) is 12.1 Å². The van der Waals surface area contributed by atoms with E-state index < -0.39 is 5.91 Å². The van der Waals surface area contributed by atoms with Crippen LogP contribution >= 0.6 is 0 Å². The van der Waals surface area contributed by atoms with E-state index >= 15 is 0 Å². The van der Waals surface area contributed by atoms with Gasteiger partial charge in [-0.15, -0.1) is 0 Å². The number of primary amides is 1. The van der Waals surface area contributed by atoms with Crippen molar-refractivity contribution in [1.82, 2.24) is 9.97 Å². The summed E-state index contributed by atoms with van der Waals surface area (Å²) in [5.41, 5.74) is 5.73. The number of ether oxygens (including phenoxy) is 1. The molecule has 0 aliphatic rings. The van der Waals surface area contributed by atoms with Crippen LogP contribution < -0.4 is 10.5 Å². The van der Waals surface area contributed by atoms with Gasteiger partial charge in [-0.1, -0.05) is 18.2 Å². The number of rotatable bonds is 4. The number of benzene rings is 1. The molecule has 0 saturated heterocycles. The molecule has 0 atom stereocenters. The number of amides is 1. The molecular weight excluding hydrogens is 218 g/mol. The van der Waals surface area contributed by atoms with Gasteiger partial charge in [-0.3, -0.25) is 4.79 Å². The molecule has 0 bridgehead atoms. The standard InChI is InChI=1S/C12H11N3O2/c13-11(16)6-9-7-14-12(15-8-9)17-10-4-2-1-3-5-10/h1-5,7-8H,6H2,(H2,13,16). The molecule has 1 amide bonds. The van der Waals surface area contributed by atoms with Gasteiger partial charge in [0.1, 0.15) is 5.75 Å². The minimum absolute atomic E-state index is 0.131. The minimum atomic E-state index is -0.412. The lowest BCUT2D eigenvalue weighted by Crippen LogP contribution is -2.13. The van der Waals surface area contributed by atoms with Crippen LogP contribution in [-0.2, 0) is 11.2 Å². The van der Waals surface area contributed by atoms with Crippen molar-refractivity contribution in [3.05, 3.63) is 48.3 Å². The molecule has 2 aromatic rings. The number of aromatic nitrogens is 2. The highest BCUT2D eigenvalue weighted by Crippen LogP contribution is 2.15. The zero-order chi connectivity index (χ0) is 12.1. The van der Waals surface area contributed by atoms with E-state index in [9.17, 15) is 4.79 Å². The third-order valence-electron chi connectivity index (χ3n) is 2.01. The molecule has 1 heterocycles. The summed E-state index contributed by atoms with van der Waals surface area (Å²) in [6.45, 7) is 0. The number of carbonyl (C=O) groups excluding carboxylic acids is 1. The lowest BCUT2D eigenvalue weighted by atomic mass is 10.2. The number of hydrogen-bond acceptors (Lipinski definition) is 4. The monoisotopic (exact) mass is 229 g/mol. The quantitative estimate of drug-likeness (QED) is 0.857. The van der Waals surface area contributed by atoms with Crippen LogP contribution in [0.4, 0.5) is 0 Å². The van der Waals surface area contributed by atoms with Crippen molar-refractivity contribution in [2.24, 2.45) is 5.73 Å². The minimum Gasteiger partial charge on any atom is -0.424 e. The van der Waals surface area contributed by atoms with E-state index in [1.807, 2.05) is 18.2 Å². The van der Waals surface area contributed by atoms with Crippen LogP contribution in [0.25, 0.3) is 0 Å². The van der Waals surface area contributed by atoms with Gasteiger partial charge < -0.3 is 10.5 Å². The fraction of sp³-hybridized carbons (Fsp3) is 0.0833. The molecule has 1 aromatic heterocycles. The van der Waals surface area contributed by atoms with Crippen LogP contribution in [0.1, 0.15) is 5.56 Å². The predicted octanol–water partition coefficient (Wildman–Crippen LogP) is 1.30. The maximum atomic E-state index is 10.7. The van der Waals surface area contributed by atoms with Gasteiger partial charge in [-0.25, -0.2) is 9.97 Å². The maximum absolute atomic E-state index is 10.7. The summed E-state index contributed by atoms with van der Waals surface area (Å²) in [4.78, 5) is 18.7. The summed E-state index contributed by atoms with van der Waals surface area (Å²) in [5.74, 6) is 0.250. The Labute approximate surface area is 98.3 Å². The van der Waals surface area contributed by atoms with Crippen molar-refractivity contribution in [3.63, 3.8) is 0 Å². The van der Waals surface area contributed by atoms with Gasteiger partial charge >= 0.3 is 6.01 Å². The maximum Gasteiger partial charge on any atom is 0.321 e. The summed E-state index contributed by atoms with van der Waals surface area (Å²) in [6.07, 6.45) is 3.18. The molecule has 0 radical (unpaired) electrons. The fourth-order valence-electron chi connectivity index (χ4n) is 1.28. The average Bonchev–Trinajstić information content (AvgIpc) is 2.32. The molecule has 0 saturated carbocycles. The first-order chi connectivity index (χ1) is 8.24. The Morgan fingerprint density at radius 2 is 1.82 bits per heavy atom. The SMILES string of the molecule is NC(=O)Cc1cnc(Oc2ccccc2)nc1. The number of para-hydroxylation sites is 1. The Morgan fingerprint density at radius 1 is 1.18 bits per heavy atom. The third-order valence-corrected chi connectivity index (χ3v) is 2.01. The highest BCUT2D eigenvalue weighted by atomic mass is 16.5. The van der Waals surface area contributed by atoms with Crippen LogP contribution in [0, 0.1) is 0 Å². The van der Waals surface area contributed by atoms with E-state index in [0.717, 1.165) is 0 Å². The van der Waals surface area contributed by atoms with E-state index in [2.05, 4.69) is 9.97 Å². The zero-order valence-corrected chi connectivity index (χ0v) is 9.04. The van der Waals surface area contributed by atoms with Crippen LogP contribution in [0.15, 0.2) is 42.7 Å². The largest absolute Gasteiger partial charge is 0.424 e. The number of carbonyl (C=O) groups is 1. The van der Waals surface area contributed by atoms with Gasteiger partial charge in [0.15, 0.2) is 0 Å². The molecule has 1 aromatic carbocycles. The number of nitrogens with two attached hydrogens (primary N) is 1. The zero-order valence-electron chi connectivity index (χ0n) is 9.04. The van der Waals surface area contributed by atoms with E-state index in [4.69, 9.17) is 10.5 Å². The molecule has 0 aliphatic carbocycles. The molecule has 0 spiro atoms. The first-order valence-corrected chi connectivity index (χ1v) is 5.06. The fourth-order valence-corrected chi connectivity index (χ4v) is 1.28. The van der Waals surface area contributed by atoms with E-state index in [0.29, 0.717) is 11.3 Å². The van der Waals surface area contributed by atoms with Gasteiger partial charge in [0, 0.05) is 12.4 Å². The Morgan fingerprint density at radius 3 is 2.41 bits per heavy atom. The Hall–Kier alpha value is -2.43. The first kappa shape index (κ1) is 11.1. The molecule has 86 valence electrons. The van der Waals surface area contributed by atoms with Gasteiger partial charge in [0.2, 0.25) is 5.91 Å². The van der Waals surface area contributed by atoms with Crippen molar-refractivity contribution >= 4 is 5.91 Å². The molecular formula is C12H11N3O2. The van der Waals surface area contributed by atoms with Crippen LogP contribution in [0.2, 0.25) is 0 Å². The van der Waals surface area contributed by atoms with Gasteiger partial charge in [-0.2, -0.15) is 0 Å². The second kappa shape index (κ2) is 5.07. The van der Waals surface area contributed by atoms with Crippen LogP contribution in [0.5, 0.6) is 11.8 Å². The molecule has 17 heavy (non-hydrogen) atoms. The second-order valence-electron chi connectivity index (χ2n) is 3.43. The molecule has 5 nitrogen and oxygen atoms in total. The summed E-state index contributed by atoms with van der Waals surface area (Å²) in [7, 11) is 0. The van der Waals surface area contributed by atoms with Crippen LogP contribution in [0.3, 0.4) is 0 Å². The molecule has 5 heteroatoms. The topological polar surface area (TPSA) is 78.1 Å². The van der Waals surface area contributed by atoms with Crippen molar-refractivity contribution in [2.45, 2.75) is 6.42 Å². The normalized spacial score (nSPS) is 9.88. The van der Waals surface area contributed by atoms with Crippen molar-refractivity contribution in [1.29, 1.82) is 0 Å². The summed E-state index contributed by atoms with van der Waals surface area (Å²) >= 11 is 0. The predicted molar refractivity (Wildman–Crippen MR) is 61.4 cm³/mol. The Balaban J connectivity index is 2.06.